The first-order valence-corrected chi connectivity index (χ1v) is 32.3. The second kappa shape index (κ2) is 20.9. The van der Waals surface area contributed by atoms with Crippen LogP contribution in [0, 0.1) is 0 Å². The fourth-order valence-corrected chi connectivity index (χ4v) is 15.8. The monoisotopic (exact) mass is 1150 g/mol. The zero-order chi connectivity index (χ0) is 59.6. The van der Waals surface area contributed by atoms with E-state index in [0.717, 1.165) is 0 Å². The van der Waals surface area contributed by atoms with Crippen molar-refractivity contribution in [3.63, 3.8) is 0 Å². The first kappa shape index (κ1) is 55.9. The highest BCUT2D eigenvalue weighted by Crippen LogP contribution is 2.56. The van der Waals surface area contributed by atoms with Gasteiger partial charge >= 0.3 is 6.85 Å². The Morgan fingerprint density at radius 2 is 0.802 bits per heavy atom. The van der Waals surface area contributed by atoms with Gasteiger partial charge in [0.15, 0.2) is 0 Å². The van der Waals surface area contributed by atoms with Crippen molar-refractivity contribution < 1.29 is 0 Å². The van der Waals surface area contributed by atoms with Crippen LogP contribution < -0.4 is 20.6 Å². The molecule has 3 heterocycles. The Hall–Kier alpha value is -7.96. The topological polar surface area (TPSA) is 6.48 Å². The van der Waals surface area contributed by atoms with E-state index in [1.54, 1.807) is 0 Å². The van der Waals surface area contributed by atoms with Crippen LogP contribution in [0.2, 0.25) is 0 Å². The maximum Gasteiger partial charge on any atom is 0.333 e. The van der Waals surface area contributed by atoms with Gasteiger partial charge in [-0.05, 0) is 160 Å². The van der Waals surface area contributed by atoms with Gasteiger partial charge < -0.3 is 9.71 Å². The molecule has 0 unspecified atom stereocenters. The number of fused-ring (bicyclic) bond motifs is 8. The molecule has 0 N–H and O–H groups in total. The molecule has 0 saturated carbocycles. The average Bonchev–Trinajstić information content (AvgIpc) is 0.690. The molecule has 3 aliphatic heterocycles. The SMILES string of the molecule is CC(C)(C)c1ccc(C(c2ccc(C(C)(C)C)cc2)c2ccc3c(c2)N(c2ccc(C(C)(C)C)cc2-c2ccccc2)B2c4cc5c(cc4N(c4ccc(C(C)(C)C)cc4-c4ccccc4)c4cc6ccccc6c-3c42)Sc2ccccc2S5)cc1. The molecule has 0 saturated heterocycles. The summed E-state index contributed by atoms with van der Waals surface area (Å²) in [5.74, 6) is -0.0476. The minimum Gasteiger partial charge on any atom is -0.376 e. The molecule has 5 heteroatoms. The predicted molar refractivity (Wildman–Crippen MR) is 372 cm³/mol. The molecule has 11 aromatic carbocycles. The highest BCUT2D eigenvalue weighted by atomic mass is 32.2. The van der Waals surface area contributed by atoms with E-state index in [0.29, 0.717) is 0 Å². The summed E-state index contributed by atoms with van der Waals surface area (Å²) in [6, 6.07) is 89.3. The van der Waals surface area contributed by atoms with Crippen molar-refractivity contribution in [2.45, 2.75) is 130 Å². The van der Waals surface area contributed by atoms with Crippen LogP contribution in [-0.2, 0) is 21.7 Å². The molecular formula is C81H75BN2S2. The van der Waals surface area contributed by atoms with Crippen LogP contribution in [0.1, 0.15) is 128 Å². The standard InChI is InChI=1S/C81H75BN2S2/c1-78(2,3)57-36-31-53(32-37-57)75(54-33-38-58(39-34-54)79(4,5)6)56-35-42-62-68(46-56)84(67-44-41-60(81(10,11)12)48-64(67)52-25-17-14-18-26-52)82-65-49-73-74(86-72-30-22-21-29-71(72)85-73)50-69(65)83(70-45-55-27-19-20-28-61(55)76(62)77(70)82)66-43-40-59(80(7,8)9)47-63(66)51-23-15-13-16-24-51/h13-50,75H,1-12H3. The average molecular weight is 1150 g/mol. The molecule has 0 amide bonds. The summed E-state index contributed by atoms with van der Waals surface area (Å²) in [6.45, 7) is 27.7. The number of anilines is 5. The van der Waals surface area contributed by atoms with Gasteiger partial charge in [-0.25, -0.2) is 0 Å². The van der Waals surface area contributed by atoms with Crippen LogP contribution >= 0.6 is 23.5 Å². The smallest absolute Gasteiger partial charge is 0.333 e. The Kier molecular flexibility index (Phi) is 13.6. The summed E-state index contributed by atoms with van der Waals surface area (Å²) in [7, 11) is 0. The van der Waals surface area contributed by atoms with Crippen LogP contribution in [-0.4, -0.2) is 6.85 Å². The highest BCUT2D eigenvalue weighted by molar-refractivity contribution is 8.05. The lowest BCUT2D eigenvalue weighted by atomic mass is 9.43. The van der Waals surface area contributed by atoms with Crippen molar-refractivity contribution in [1.82, 2.24) is 0 Å². The number of benzene rings is 11. The van der Waals surface area contributed by atoms with Gasteiger partial charge in [0.2, 0.25) is 0 Å². The molecule has 0 radical (unpaired) electrons. The van der Waals surface area contributed by atoms with Crippen molar-refractivity contribution in [1.29, 1.82) is 0 Å². The zero-order valence-corrected chi connectivity index (χ0v) is 53.4. The van der Waals surface area contributed by atoms with Crippen molar-refractivity contribution in [3.05, 3.63) is 269 Å². The van der Waals surface area contributed by atoms with Gasteiger partial charge in [-0.3, -0.25) is 0 Å². The lowest BCUT2D eigenvalue weighted by Crippen LogP contribution is -2.61. The van der Waals surface area contributed by atoms with E-state index >= 15 is 0 Å². The lowest BCUT2D eigenvalue weighted by molar-refractivity contribution is 0.589. The maximum atomic E-state index is 2.79. The van der Waals surface area contributed by atoms with Crippen molar-refractivity contribution in [2.75, 3.05) is 9.71 Å². The third kappa shape index (κ3) is 9.80. The van der Waals surface area contributed by atoms with Gasteiger partial charge in [0, 0.05) is 64.9 Å². The maximum absolute atomic E-state index is 2.79. The summed E-state index contributed by atoms with van der Waals surface area (Å²) in [4.78, 5) is 10.6. The second-order valence-electron chi connectivity index (χ2n) is 28.2. The fraction of sp³-hybridized carbons (Fsp3) is 0.210. The Labute approximate surface area is 519 Å². The van der Waals surface area contributed by atoms with Crippen molar-refractivity contribution in [3.8, 4) is 33.4 Å². The summed E-state index contributed by atoms with van der Waals surface area (Å²) in [5.41, 5.74) is 24.9. The van der Waals surface area contributed by atoms with Crippen LogP contribution in [0.15, 0.2) is 250 Å². The largest absolute Gasteiger partial charge is 0.376 e. The molecule has 0 spiro atoms. The van der Waals surface area contributed by atoms with E-state index < -0.39 is 0 Å². The molecule has 3 aliphatic rings. The van der Waals surface area contributed by atoms with Gasteiger partial charge in [0.1, 0.15) is 0 Å². The highest BCUT2D eigenvalue weighted by Gasteiger charge is 2.48. The van der Waals surface area contributed by atoms with E-state index in [1.165, 1.54) is 142 Å². The normalized spacial score (nSPS) is 13.8. The minimum atomic E-state index is -0.251. The lowest BCUT2D eigenvalue weighted by Gasteiger charge is -2.47. The fourth-order valence-electron chi connectivity index (χ4n) is 13.5. The van der Waals surface area contributed by atoms with E-state index in [-0.39, 0.29) is 34.4 Å². The van der Waals surface area contributed by atoms with Gasteiger partial charge in [-0.1, -0.05) is 276 Å². The molecule has 0 atom stereocenters. The molecule has 0 aliphatic carbocycles. The number of hydrogen-bond acceptors (Lipinski definition) is 4. The first-order chi connectivity index (χ1) is 41.2. The van der Waals surface area contributed by atoms with Gasteiger partial charge in [0.25, 0.3) is 0 Å². The van der Waals surface area contributed by atoms with Gasteiger partial charge in [0.05, 0.1) is 5.69 Å². The van der Waals surface area contributed by atoms with E-state index in [4.69, 9.17) is 0 Å². The molecule has 0 bridgehead atoms. The van der Waals surface area contributed by atoms with Crippen LogP contribution in [0.3, 0.4) is 0 Å². The quantitative estimate of drug-likeness (QED) is 0.116. The predicted octanol–water partition coefficient (Wildman–Crippen LogP) is 21.9. The Bertz CT molecular complexity index is 4380. The summed E-state index contributed by atoms with van der Waals surface area (Å²) in [6.07, 6.45) is 0. The molecule has 86 heavy (non-hydrogen) atoms. The molecule has 2 nitrogen and oxygen atoms in total. The second-order valence-corrected chi connectivity index (χ2v) is 30.3. The van der Waals surface area contributed by atoms with E-state index in [9.17, 15) is 0 Å². The summed E-state index contributed by atoms with van der Waals surface area (Å²) in [5, 5.41) is 2.48. The summed E-state index contributed by atoms with van der Waals surface area (Å²) < 4.78 is 0. The summed E-state index contributed by atoms with van der Waals surface area (Å²) >= 11 is 3.81. The van der Waals surface area contributed by atoms with Crippen LogP contribution in [0.25, 0.3) is 44.2 Å². The molecule has 0 fully saturated rings. The van der Waals surface area contributed by atoms with Gasteiger partial charge in [-0.15, -0.1) is 0 Å². The third-order valence-corrected chi connectivity index (χ3v) is 20.8. The molecule has 0 aromatic heterocycles. The number of hydrogen-bond donors (Lipinski definition) is 0. The van der Waals surface area contributed by atoms with Crippen LogP contribution in [0.4, 0.5) is 28.4 Å². The van der Waals surface area contributed by atoms with Crippen LogP contribution in [0.5, 0.6) is 0 Å². The third-order valence-electron chi connectivity index (χ3n) is 18.3. The molecular weight excluding hydrogens is 1080 g/mol. The zero-order valence-electron chi connectivity index (χ0n) is 51.8. The molecule has 14 rings (SSSR count). The van der Waals surface area contributed by atoms with E-state index in [1.807, 2.05) is 23.5 Å². The Morgan fingerprint density at radius 3 is 1.35 bits per heavy atom. The first-order valence-electron chi connectivity index (χ1n) is 30.7. The Balaban J connectivity index is 1.12. The van der Waals surface area contributed by atoms with Crippen molar-refractivity contribution in [2.24, 2.45) is 0 Å². The van der Waals surface area contributed by atoms with Crippen molar-refractivity contribution >= 4 is 80.5 Å². The van der Waals surface area contributed by atoms with Gasteiger partial charge in [-0.2, -0.15) is 0 Å². The molecule has 424 valence electrons. The number of nitrogens with zero attached hydrogens (tertiary/aromatic N) is 2. The minimum absolute atomic E-state index is 0.0212. The Morgan fingerprint density at radius 1 is 0.337 bits per heavy atom. The molecule has 11 aromatic rings. The van der Waals surface area contributed by atoms with E-state index in [2.05, 4.69) is 323 Å². The number of rotatable bonds is 7.